The standard InChI is InChI=1S/C24H24N6O.H2S/c1-15(18-8-9-20(24(31)25-3)19-5-4-10-26-23(18)19)12-28-22-11-21(29-14-30-22)17-7-6-16(2)27-13-17;/h4-11,13-15H,12H2,1-3H3,(H,25,31)(H,28,29,30);1H2/t15-;/m1./s1. The van der Waals surface area contributed by atoms with Crippen molar-refractivity contribution in [1.82, 2.24) is 25.3 Å². The van der Waals surface area contributed by atoms with Gasteiger partial charge in [-0.1, -0.05) is 19.1 Å². The van der Waals surface area contributed by atoms with Crippen molar-refractivity contribution in [2.45, 2.75) is 19.8 Å². The van der Waals surface area contributed by atoms with Gasteiger partial charge in [0.15, 0.2) is 0 Å². The number of carbonyl (C=O) groups is 1. The number of amides is 1. The molecule has 0 aliphatic rings. The van der Waals surface area contributed by atoms with E-state index < -0.39 is 0 Å². The number of hydrogen-bond donors (Lipinski definition) is 2. The molecule has 1 aromatic carbocycles. The highest BCUT2D eigenvalue weighted by molar-refractivity contribution is 7.59. The molecule has 0 radical (unpaired) electrons. The zero-order valence-electron chi connectivity index (χ0n) is 18.3. The van der Waals surface area contributed by atoms with E-state index in [1.54, 1.807) is 19.6 Å². The zero-order chi connectivity index (χ0) is 21.8. The molecule has 1 atom stereocenters. The Morgan fingerprint density at radius 3 is 2.66 bits per heavy atom. The second-order valence-electron chi connectivity index (χ2n) is 7.44. The van der Waals surface area contributed by atoms with Gasteiger partial charge in [0, 0.05) is 60.2 Å². The Labute approximate surface area is 194 Å². The van der Waals surface area contributed by atoms with E-state index in [1.807, 2.05) is 55.6 Å². The maximum absolute atomic E-state index is 12.2. The van der Waals surface area contributed by atoms with Crippen LogP contribution in [0, 0.1) is 6.92 Å². The van der Waals surface area contributed by atoms with E-state index in [4.69, 9.17) is 0 Å². The van der Waals surface area contributed by atoms with Gasteiger partial charge < -0.3 is 10.6 Å². The molecule has 0 bridgehead atoms. The molecule has 3 aromatic heterocycles. The van der Waals surface area contributed by atoms with Gasteiger partial charge in [0.05, 0.1) is 11.2 Å². The predicted octanol–water partition coefficient (Wildman–Crippen LogP) is 4.08. The fourth-order valence-electron chi connectivity index (χ4n) is 3.52. The summed E-state index contributed by atoms with van der Waals surface area (Å²) < 4.78 is 0. The molecule has 0 saturated carbocycles. The first-order chi connectivity index (χ1) is 15.1. The molecule has 4 aromatic rings. The summed E-state index contributed by atoms with van der Waals surface area (Å²) in [5.41, 5.74) is 5.28. The van der Waals surface area contributed by atoms with Gasteiger partial charge in [-0.2, -0.15) is 13.5 Å². The number of benzene rings is 1. The fraction of sp³-hybridized carbons (Fsp3) is 0.208. The van der Waals surface area contributed by atoms with Crippen molar-refractivity contribution in [2.75, 3.05) is 18.9 Å². The van der Waals surface area contributed by atoms with Crippen molar-refractivity contribution < 1.29 is 4.79 Å². The van der Waals surface area contributed by atoms with Gasteiger partial charge in [-0.25, -0.2) is 9.97 Å². The van der Waals surface area contributed by atoms with Crippen molar-refractivity contribution in [3.8, 4) is 11.3 Å². The summed E-state index contributed by atoms with van der Waals surface area (Å²) in [6, 6.07) is 13.5. The first-order valence-corrected chi connectivity index (χ1v) is 10.2. The number of fused-ring (bicyclic) bond motifs is 1. The minimum absolute atomic E-state index is 0. The van der Waals surface area contributed by atoms with Crippen molar-refractivity contribution in [1.29, 1.82) is 0 Å². The van der Waals surface area contributed by atoms with Gasteiger partial charge in [0.2, 0.25) is 0 Å². The van der Waals surface area contributed by atoms with Crippen LogP contribution >= 0.6 is 13.5 Å². The smallest absolute Gasteiger partial charge is 0.251 e. The summed E-state index contributed by atoms with van der Waals surface area (Å²) in [5, 5.41) is 6.94. The van der Waals surface area contributed by atoms with Crippen LogP contribution in [0.15, 0.2) is 61.2 Å². The predicted molar refractivity (Wildman–Crippen MR) is 132 cm³/mol. The topological polar surface area (TPSA) is 92.7 Å². The molecule has 7 nitrogen and oxygen atoms in total. The van der Waals surface area contributed by atoms with Crippen LogP contribution in [0.2, 0.25) is 0 Å². The molecule has 0 fully saturated rings. The van der Waals surface area contributed by atoms with Crippen molar-refractivity contribution in [2.24, 2.45) is 0 Å². The third-order valence-electron chi connectivity index (χ3n) is 5.27. The normalized spacial score (nSPS) is 11.5. The fourth-order valence-corrected chi connectivity index (χ4v) is 3.52. The molecule has 164 valence electrons. The highest BCUT2D eigenvalue weighted by Crippen LogP contribution is 2.27. The minimum atomic E-state index is -0.116. The Morgan fingerprint density at radius 1 is 1.06 bits per heavy atom. The molecule has 32 heavy (non-hydrogen) atoms. The Morgan fingerprint density at radius 2 is 1.91 bits per heavy atom. The van der Waals surface area contributed by atoms with Crippen LogP contribution in [0.25, 0.3) is 22.2 Å². The van der Waals surface area contributed by atoms with E-state index >= 15 is 0 Å². The van der Waals surface area contributed by atoms with E-state index in [1.165, 1.54) is 0 Å². The van der Waals surface area contributed by atoms with Gasteiger partial charge in [-0.05, 0) is 36.8 Å². The Kier molecular flexibility index (Phi) is 7.37. The average molecular weight is 447 g/mol. The lowest BCUT2D eigenvalue weighted by atomic mass is 9.95. The minimum Gasteiger partial charge on any atom is -0.369 e. The number of nitrogens with one attached hydrogen (secondary N) is 2. The lowest BCUT2D eigenvalue weighted by molar-refractivity contribution is 0.0964. The van der Waals surface area contributed by atoms with Crippen LogP contribution in [-0.4, -0.2) is 39.4 Å². The summed E-state index contributed by atoms with van der Waals surface area (Å²) in [6.07, 6.45) is 5.12. The van der Waals surface area contributed by atoms with E-state index in [0.29, 0.717) is 12.1 Å². The lowest BCUT2D eigenvalue weighted by Gasteiger charge is -2.17. The first-order valence-electron chi connectivity index (χ1n) is 10.2. The molecule has 2 N–H and O–H groups in total. The highest BCUT2D eigenvalue weighted by Gasteiger charge is 2.16. The second kappa shape index (κ2) is 10.2. The molecule has 0 saturated heterocycles. The summed E-state index contributed by atoms with van der Waals surface area (Å²) in [6.45, 7) is 4.74. The van der Waals surface area contributed by atoms with Gasteiger partial charge in [-0.15, -0.1) is 0 Å². The SMILES string of the molecule is CNC(=O)c1ccc([C@H](C)CNc2cc(-c3ccc(C)nc3)ncn2)c2ncccc12.S. The molecule has 0 aliphatic heterocycles. The lowest BCUT2D eigenvalue weighted by Crippen LogP contribution is -2.19. The molecule has 8 heteroatoms. The van der Waals surface area contributed by atoms with Crippen LogP contribution in [-0.2, 0) is 0 Å². The van der Waals surface area contributed by atoms with E-state index in [-0.39, 0.29) is 25.3 Å². The molecule has 3 heterocycles. The molecular weight excluding hydrogens is 420 g/mol. The molecular formula is C24H26N6OS. The summed E-state index contributed by atoms with van der Waals surface area (Å²) in [4.78, 5) is 29.8. The number of rotatable bonds is 6. The van der Waals surface area contributed by atoms with Crippen LogP contribution < -0.4 is 10.6 Å². The van der Waals surface area contributed by atoms with E-state index in [0.717, 1.165) is 39.2 Å². The van der Waals surface area contributed by atoms with Crippen LogP contribution in [0.3, 0.4) is 0 Å². The molecule has 0 unspecified atom stereocenters. The van der Waals surface area contributed by atoms with Gasteiger partial charge in [0.1, 0.15) is 12.1 Å². The number of nitrogens with zero attached hydrogens (tertiary/aromatic N) is 4. The Balaban J connectivity index is 0.00000289. The second-order valence-corrected chi connectivity index (χ2v) is 7.44. The van der Waals surface area contributed by atoms with Crippen LogP contribution in [0.5, 0.6) is 0 Å². The Hall–Kier alpha value is -3.52. The number of carbonyl (C=O) groups excluding carboxylic acids is 1. The molecule has 0 spiro atoms. The summed E-state index contributed by atoms with van der Waals surface area (Å²) >= 11 is 0. The average Bonchev–Trinajstić information content (AvgIpc) is 2.82. The maximum atomic E-state index is 12.2. The van der Waals surface area contributed by atoms with E-state index in [2.05, 4.69) is 37.5 Å². The number of aryl methyl sites for hydroxylation is 1. The van der Waals surface area contributed by atoms with Gasteiger partial charge >= 0.3 is 0 Å². The molecule has 4 rings (SSSR count). The largest absolute Gasteiger partial charge is 0.369 e. The number of pyridine rings is 2. The van der Waals surface area contributed by atoms with Gasteiger partial charge in [0.25, 0.3) is 5.91 Å². The monoisotopic (exact) mass is 446 g/mol. The zero-order valence-corrected chi connectivity index (χ0v) is 19.3. The molecule has 0 aliphatic carbocycles. The van der Waals surface area contributed by atoms with Crippen LogP contribution in [0.4, 0.5) is 5.82 Å². The number of hydrogen-bond acceptors (Lipinski definition) is 6. The van der Waals surface area contributed by atoms with Crippen molar-refractivity contribution in [3.05, 3.63) is 78.0 Å². The highest BCUT2D eigenvalue weighted by atomic mass is 32.1. The third kappa shape index (κ3) is 4.86. The number of anilines is 1. The third-order valence-corrected chi connectivity index (χ3v) is 5.27. The molecule has 1 amide bonds. The van der Waals surface area contributed by atoms with Gasteiger partial charge in [-0.3, -0.25) is 14.8 Å². The first kappa shape index (κ1) is 23.1. The summed E-state index contributed by atoms with van der Waals surface area (Å²) in [7, 11) is 1.63. The quantitative estimate of drug-likeness (QED) is 0.464. The van der Waals surface area contributed by atoms with E-state index in [9.17, 15) is 4.79 Å². The van der Waals surface area contributed by atoms with Crippen molar-refractivity contribution >= 4 is 36.1 Å². The Bertz CT molecular complexity index is 1230. The maximum Gasteiger partial charge on any atom is 0.251 e. The van der Waals surface area contributed by atoms with Crippen LogP contribution in [0.1, 0.15) is 34.5 Å². The number of aromatic nitrogens is 4. The van der Waals surface area contributed by atoms with Crippen molar-refractivity contribution in [3.63, 3.8) is 0 Å². The summed E-state index contributed by atoms with van der Waals surface area (Å²) in [5.74, 6) is 0.779.